The van der Waals surface area contributed by atoms with E-state index in [4.69, 9.17) is 23.9 Å². The highest BCUT2D eigenvalue weighted by atomic mass is 32.2. The van der Waals surface area contributed by atoms with Gasteiger partial charge in [0, 0.05) is 23.2 Å². The molecule has 9 heteroatoms. The molecule has 0 spiro atoms. The molecule has 2 heterocycles. The Labute approximate surface area is 163 Å². The standard InChI is InChI=1S/C17H13N3O3S3/c1-3-19-11-8-10(18-2)4-5-12(11)25-14(19)7-6-13-16(23)20(9-15(21)22)17(24)26-13/h4-6,8,23H,3,9H2,1H3,(H,21,22). The molecule has 0 unspecified atom stereocenters. The van der Waals surface area contributed by atoms with Gasteiger partial charge >= 0.3 is 5.97 Å². The molecule has 2 aromatic rings. The molecule has 132 valence electrons. The quantitative estimate of drug-likeness (QED) is 0.438. The number of aromatic hydroxyl groups is 1. The van der Waals surface area contributed by atoms with Gasteiger partial charge in [-0.2, -0.15) is 0 Å². The van der Waals surface area contributed by atoms with Crippen LogP contribution in [0.3, 0.4) is 0 Å². The summed E-state index contributed by atoms with van der Waals surface area (Å²) < 4.78 is 1.47. The summed E-state index contributed by atoms with van der Waals surface area (Å²) in [6, 6.07) is 5.54. The lowest BCUT2D eigenvalue weighted by atomic mass is 10.2. The summed E-state index contributed by atoms with van der Waals surface area (Å²) >= 11 is 7.78. The van der Waals surface area contributed by atoms with Crippen LogP contribution in [0.5, 0.6) is 5.88 Å². The van der Waals surface area contributed by atoms with Crippen molar-refractivity contribution in [3.8, 4) is 5.88 Å². The number of carboxylic acids is 1. The minimum absolute atomic E-state index is 0.172. The predicted molar refractivity (Wildman–Crippen MR) is 106 cm³/mol. The molecule has 1 aliphatic heterocycles. The fourth-order valence-electron chi connectivity index (χ4n) is 2.47. The second kappa shape index (κ2) is 7.40. The fourth-order valence-corrected chi connectivity index (χ4v) is 4.74. The molecule has 26 heavy (non-hydrogen) atoms. The van der Waals surface area contributed by atoms with Gasteiger partial charge in [-0.1, -0.05) is 29.6 Å². The van der Waals surface area contributed by atoms with Crippen LogP contribution in [0.15, 0.2) is 33.9 Å². The lowest BCUT2D eigenvalue weighted by Gasteiger charge is -2.16. The molecule has 0 aliphatic carbocycles. The van der Waals surface area contributed by atoms with Crippen LogP contribution < -0.4 is 4.90 Å². The van der Waals surface area contributed by atoms with Crippen LogP contribution in [0.1, 0.15) is 11.8 Å². The van der Waals surface area contributed by atoms with Gasteiger partial charge in [0.15, 0.2) is 9.64 Å². The first-order valence-electron chi connectivity index (χ1n) is 7.52. The zero-order valence-electron chi connectivity index (χ0n) is 13.6. The van der Waals surface area contributed by atoms with Crippen molar-refractivity contribution in [2.75, 3.05) is 11.4 Å². The second-order valence-corrected chi connectivity index (χ2v) is 7.95. The number of hydrogen-bond acceptors (Lipinski definition) is 6. The molecule has 0 saturated carbocycles. The van der Waals surface area contributed by atoms with Gasteiger partial charge in [0.2, 0.25) is 5.88 Å². The highest BCUT2D eigenvalue weighted by Gasteiger charge is 2.24. The molecule has 2 N–H and O–H groups in total. The molecule has 0 atom stereocenters. The van der Waals surface area contributed by atoms with Crippen LogP contribution in [0.25, 0.3) is 10.9 Å². The average Bonchev–Trinajstić information content (AvgIpc) is 3.10. The molecule has 1 aromatic carbocycles. The van der Waals surface area contributed by atoms with Crippen LogP contribution in [-0.2, 0) is 11.3 Å². The van der Waals surface area contributed by atoms with Crippen molar-refractivity contribution < 1.29 is 15.0 Å². The van der Waals surface area contributed by atoms with Crippen molar-refractivity contribution in [1.82, 2.24) is 4.57 Å². The van der Waals surface area contributed by atoms with Crippen molar-refractivity contribution >= 4 is 58.7 Å². The summed E-state index contributed by atoms with van der Waals surface area (Å²) in [5, 5.41) is 20.0. The van der Waals surface area contributed by atoms with Gasteiger partial charge in [0.25, 0.3) is 0 Å². The van der Waals surface area contributed by atoms with E-state index in [0.29, 0.717) is 21.1 Å². The van der Waals surface area contributed by atoms with Crippen LogP contribution in [-0.4, -0.2) is 27.3 Å². The van der Waals surface area contributed by atoms with E-state index in [1.807, 2.05) is 24.0 Å². The summed E-state index contributed by atoms with van der Waals surface area (Å²) in [5.74, 6) is -1.24. The number of anilines is 1. The Bertz CT molecular complexity index is 1060. The Kier molecular flexibility index (Phi) is 5.20. The van der Waals surface area contributed by atoms with Crippen LogP contribution in [0.4, 0.5) is 11.4 Å². The van der Waals surface area contributed by atoms with E-state index >= 15 is 0 Å². The van der Waals surface area contributed by atoms with Crippen molar-refractivity contribution in [1.29, 1.82) is 0 Å². The highest BCUT2D eigenvalue weighted by Crippen LogP contribution is 2.47. The number of hydrogen-bond donors (Lipinski definition) is 2. The van der Waals surface area contributed by atoms with E-state index in [2.05, 4.69) is 10.6 Å². The molecule has 6 nitrogen and oxygen atoms in total. The number of thioether (sulfide) groups is 1. The third-order valence-electron chi connectivity index (χ3n) is 3.64. The van der Waals surface area contributed by atoms with Gasteiger partial charge in [-0.05, 0) is 25.2 Å². The molecular weight excluding hydrogens is 390 g/mol. The third kappa shape index (κ3) is 3.41. The zero-order valence-corrected chi connectivity index (χ0v) is 16.0. The number of benzene rings is 1. The smallest absolute Gasteiger partial charge is 0.323 e. The first kappa shape index (κ1) is 18.3. The maximum Gasteiger partial charge on any atom is 0.323 e. The van der Waals surface area contributed by atoms with Crippen LogP contribution in [0, 0.1) is 10.5 Å². The Morgan fingerprint density at radius 2 is 2.27 bits per heavy atom. The van der Waals surface area contributed by atoms with Crippen molar-refractivity contribution in [2.24, 2.45) is 0 Å². The highest BCUT2D eigenvalue weighted by molar-refractivity contribution is 8.03. The van der Waals surface area contributed by atoms with E-state index in [-0.39, 0.29) is 12.4 Å². The predicted octanol–water partition coefficient (Wildman–Crippen LogP) is 4.71. The second-order valence-electron chi connectivity index (χ2n) is 5.24. The summed E-state index contributed by atoms with van der Waals surface area (Å²) in [6.07, 6.45) is 1.61. The average molecular weight is 404 g/mol. The number of nitrogens with zero attached hydrogens (tertiary/aromatic N) is 3. The normalized spacial score (nSPS) is 12.5. The molecule has 0 fully saturated rings. The van der Waals surface area contributed by atoms with E-state index in [1.54, 1.807) is 12.1 Å². The maximum atomic E-state index is 10.9. The summed E-state index contributed by atoms with van der Waals surface area (Å²) in [7, 11) is 0. The van der Waals surface area contributed by atoms with Gasteiger partial charge in [-0.15, -0.1) is 11.3 Å². The molecule has 0 saturated heterocycles. The van der Waals surface area contributed by atoms with Crippen molar-refractivity contribution in [3.63, 3.8) is 0 Å². The number of thiazole rings is 1. The van der Waals surface area contributed by atoms with E-state index in [1.165, 1.54) is 16.3 Å². The summed E-state index contributed by atoms with van der Waals surface area (Å²) in [5.41, 5.74) is 4.70. The van der Waals surface area contributed by atoms with Gasteiger partial charge in [0.05, 0.1) is 11.4 Å². The molecule has 0 amide bonds. The van der Waals surface area contributed by atoms with Crippen molar-refractivity contribution in [3.05, 3.63) is 49.2 Å². The summed E-state index contributed by atoms with van der Waals surface area (Å²) in [6.45, 7) is 9.49. The van der Waals surface area contributed by atoms with Gasteiger partial charge < -0.3 is 15.1 Å². The molecule has 3 rings (SSSR count). The zero-order chi connectivity index (χ0) is 18.8. The van der Waals surface area contributed by atoms with Crippen molar-refractivity contribution in [2.45, 2.75) is 18.4 Å². The Balaban J connectivity index is 1.99. The van der Waals surface area contributed by atoms with E-state index in [9.17, 15) is 9.90 Å². The topological polar surface area (TPSA) is 70.1 Å². The number of carbonyl (C=O) groups is 1. The fraction of sp³-hybridized carbons (Fsp3) is 0.176. The number of aliphatic carboxylic acids is 1. The first-order valence-corrected chi connectivity index (χ1v) is 9.56. The molecule has 1 aromatic heterocycles. The minimum Gasteiger partial charge on any atom is -0.493 e. The number of aromatic nitrogens is 1. The minimum atomic E-state index is -1.07. The maximum absolute atomic E-state index is 10.9. The monoisotopic (exact) mass is 403 g/mol. The van der Waals surface area contributed by atoms with E-state index < -0.39 is 5.97 Å². The van der Waals surface area contributed by atoms with Crippen LogP contribution >= 0.6 is 35.3 Å². The largest absolute Gasteiger partial charge is 0.493 e. The molecule has 0 bridgehead atoms. The van der Waals surface area contributed by atoms with Gasteiger partial charge in [-0.3, -0.25) is 9.36 Å². The number of fused-ring (bicyclic) bond motifs is 1. The molecule has 0 radical (unpaired) electrons. The Hall–Kier alpha value is -2.50. The van der Waals surface area contributed by atoms with Crippen LogP contribution in [0.2, 0.25) is 0 Å². The van der Waals surface area contributed by atoms with E-state index in [0.717, 1.165) is 26.9 Å². The Morgan fingerprint density at radius 1 is 1.50 bits per heavy atom. The lowest BCUT2D eigenvalue weighted by molar-refractivity contribution is -0.137. The first-order chi connectivity index (χ1) is 12.4. The summed E-state index contributed by atoms with van der Waals surface area (Å²) in [4.78, 5) is 17.9. The van der Waals surface area contributed by atoms with Gasteiger partial charge in [0.1, 0.15) is 11.6 Å². The van der Waals surface area contributed by atoms with Gasteiger partial charge in [-0.25, -0.2) is 4.85 Å². The molecule has 1 aliphatic rings. The third-order valence-corrected chi connectivity index (χ3v) is 6.13. The molecular formula is C17H13N3O3S3. The number of rotatable bonds is 4. The number of carboxylic acid groups (broad SMARTS) is 1. The SMILES string of the molecule is [C-]#[N+]c1ccc2c(c1)N(CC)C(=C=Cc1sc(=S)n(CC(=O)O)c1O)S2. The Morgan fingerprint density at radius 3 is 2.92 bits per heavy atom. The lowest BCUT2D eigenvalue weighted by Crippen LogP contribution is -2.15.